The predicted octanol–water partition coefficient (Wildman–Crippen LogP) is 2.99. The second kappa shape index (κ2) is 8.02. The summed E-state index contributed by atoms with van der Waals surface area (Å²) in [5.74, 6) is 1.88. The maximum absolute atomic E-state index is 5.31. The maximum atomic E-state index is 5.31. The molecule has 0 saturated heterocycles. The molecule has 0 radical (unpaired) electrons. The van der Waals surface area contributed by atoms with E-state index in [0.29, 0.717) is 12.0 Å². The molecule has 5 heteroatoms. The first-order chi connectivity index (χ1) is 9.19. The SMILES string of the molecule is CNC(C)Cc1noc(CC(C)c2ccccc2)n1.Cl. The molecule has 2 unspecified atom stereocenters. The molecule has 0 amide bonds. The Morgan fingerprint density at radius 2 is 1.85 bits per heavy atom. The number of benzene rings is 1. The van der Waals surface area contributed by atoms with E-state index in [9.17, 15) is 0 Å². The lowest BCUT2D eigenvalue weighted by atomic mass is 9.98. The Balaban J connectivity index is 0.00000200. The van der Waals surface area contributed by atoms with Gasteiger partial charge < -0.3 is 9.84 Å². The highest BCUT2D eigenvalue weighted by atomic mass is 35.5. The van der Waals surface area contributed by atoms with Crippen LogP contribution in [0.4, 0.5) is 0 Å². The van der Waals surface area contributed by atoms with Crippen molar-refractivity contribution in [3.8, 4) is 0 Å². The van der Waals surface area contributed by atoms with Gasteiger partial charge in [-0.2, -0.15) is 4.98 Å². The second-order valence-electron chi connectivity index (χ2n) is 5.01. The summed E-state index contributed by atoms with van der Waals surface area (Å²) in [6.07, 6.45) is 1.57. The van der Waals surface area contributed by atoms with Crippen LogP contribution >= 0.6 is 12.4 Å². The van der Waals surface area contributed by atoms with Crippen molar-refractivity contribution in [1.29, 1.82) is 0 Å². The van der Waals surface area contributed by atoms with Gasteiger partial charge in [0.15, 0.2) is 5.82 Å². The van der Waals surface area contributed by atoms with Gasteiger partial charge in [-0.05, 0) is 25.5 Å². The molecule has 4 nitrogen and oxygen atoms in total. The van der Waals surface area contributed by atoms with Gasteiger partial charge >= 0.3 is 0 Å². The van der Waals surface area contributed by atoms with Gasteiger partial charge in [-0.1, -0.05) is 42.4 Å². The molecule has 0 fully saturated rings. The van der Waals surface area contributed by atoms with Gasteiger partial charge in [0.25, 0.3) is 0 Å². The molecule has 1 N–H and O–H groups in total. The standard InChI is InChI=1S/C15H21N3O.ClH/c1-11(13-7-5-4-6-8-13)9-15-17-14(18-19-15)10-12(2)16-3;/h4-8,11-12,16H,9-10H2,1-3H3;1H. The predicted molar refractivity (Wildman–Crippen MR) is 82.3 cm³/mol. The summed E-state index contributed by atoms with van der Waals surface area (Å²) in [7, 11) is 1.93. The highest BCUT2D eigenvalue weighted by molar-refractivity contribution is 5.85. The zero-order valence-electron chi connectivity index (χ0n) is 12.2. The first-order valence-electron chi connectivity index (χ1n) is 6.72. The molecule has 0 bridgehead atoms. The number of nitrogens with one attached hydrogen (secondary N) is 1. The van der Waals surface area contributed by atoms with Crippen LogP contribution in [0.5, 0.6) is 0 Å². The van der Waals surface area contributed by atoms with E-state index >= 15 is 0 Å². The molecule has 1 aromatic heterocycles. The quantitative estimate of drug-likeness (QED) is 0.890. The lowest BCUT2D eigenvalue weighted by molar-refractivity contribution is 0.365. The summed E-state index contributed by atoms with van der Waals surface area (Å²) in [5.41, 5.74) is 1.30. The number of halogens is 1. The molecule has 1 aromatic carbocycles. The number of likely N-dealkylation sites (N-methyl/N-ethyl adjacent to an activating group) is 1. The van der Waals surface area contributed by atoms with Gasteiger partial charge in [0.05, 0.1) is 0 Å². The maximum Gasteiger partial charge on any atom is 0.227 e. The van der Waals surface area contributed by atoms with E-state index in [-0.39, 0.29) is 12.4 Å². The van der Waals surface area contributed by atoms with Crippen molar-refractivity contribution in [2.45, 2.75) is 38.6 Å². The Bertz CT molecular complexity index is 501. The van der Waals surface area contributed by atoms with Crippen LogP contribution in [-0.2, 0) is 12.8 Å². The monoisotopic (exact) mass is 295 g/mol. The van der Waals surface area contributed by atoms with Crippen molar-refractivity contribution in [3.63, 3.8) is 0 Å². The fraction of sp³-hybridized carbons (Fsp3) is 0.467. The molecule has 110 valence electrons. The summed E-state index contributed by atoms with van der Waals surface area (Å²) >= 11 is 0. The number of nitrogens with zero attached hydrogens (tertiary/aromatic N) is 2. The van der Waals surface area contributed by atoms with Gasteiger partial charge in [-0.3, -0.25) is 0 Å². The normalized spacial score (nSPS) is 13.6. The summed E-state index contributed by atoms with van der Waals surface area (Å²) in [5, 5.41) is 7.19. The third kappa shape index (κ3) is 4.62. The van der Waals surface area contributed by atoms with Gasteiger partial charge in [0.1, 0.15) is 0 Å². The first-order valence-corrected chi connectivity index (χ1v) is 6.72. The van der Waals surface area contributed by atoms with Crippen molar-refractivity contribution < 1.29 is 4.52 Å². The molecule has 0 saturated carbocycles. The van der Waals surface area contributed by atoms with Crippen molar-refractivity contribution in [2.75, 3.05) is 7.05 Å². The zero-order chi connectivity index (χ0) is 13.7. The molecule has 0 aliphatic rings. The van der Waals surface area contributed by atoms with Crippen LogP contribution in [0.15, 0.2) is 34.9 Å². The zero-order valence-corrected chi connectivity index (χ0v) is 13.0. The minimum Gasteiger partial charge on any atom is -0.339 e. The van der Waals surface area contributed by atoms with E-state index in [1.165, 1.54) is 5.56 Å². The Hall–Kier alpha value is -1.39. The molecule has 20 heavy (non-hydrogen) atoms. The molecule has 2 atom stereocenters. The van der Waals surface area contributed by atoms with Gasteiger partial charge in [0, 0.05) is 18.9 Å². The lowest BCUT2D eigenvalue weighted by Gasteiger charge is -2.08. The average Bonchev–Trinajstić information content (AvgIpc) is 2.86. The highest BCUT2D eigenvalue weighted by Crippen LogP contribution is 2.19. The molecule has 0 aliphatic heterocycles. The fourth-order valence-electron chi connectivity index (χ4n) is 1.99. The van der Waals surface area contributed by atoms with Crippen molar-refractivity contribution >= 4 is 12.4 Å². The Morgan fingerprint density at radius 1 is 1.15 bits per heavy atom. The van der Waals surface area contributed by atoms with Crippen LogP contribution in [0.25, 0.3) is 0 Å². The molecular weight excluding hydrogens is 274 g/mol. The molecule has 2 aromatic rings. The van der Waals surface area contributed by atoms with E-state index in [2.05, 4.69) is 53.6 Å². The second-order valence-corrected chi connectivity index (χ2v) is 5.01. The van der Waals surface area contributed by atoms with Crippen LogP contribution in [-0.4, -0.2) is 23.2 Å². The van der Waals surface area contributed by atoms with Crippen molar-refractivity contribution in [2.24, 2.45) is 0 Å². The lowest BCUT2D eigenvalue weighted by Crippen LogP contribution is -2.24. The molecule has 0 aliphatic carbocycles. The largest absolute Gasteiger partial charge is 0.339 e. The number of rotatable bonds is 6. The number of hydrogen-bond acceptors (Lipinski definition) is 4. The fourth-order valence-corrected chi connectivity index (χ4v) is 1.99. The van der Waals surface area contributed by atoms with E-state index in [1.807, 2.05) is 13.1 Å². The average molecular weight is 296 g/mol. The van der Waals surface area contributed by atoms with E-state index in [4.69, 9.17) is 4.52 Å². The topological polar surface area (TPSA) is 51.0 Å². The minimum atomic E-state index is 0. The van der Waals surface area contributed by atoms with Crippen molar-refractivity contribution in [3.05, 3.63) is 47.6 Å². The van der Waals surface area contributed by atoms with Crippen LogP contribution in [0.2, 0.25) is 0 Å². The summed E-state index contributed by atoms with van der Waals surface area (Å²) in [4.78, 5) is 4.45. The summed E-state index contributed by atoms with van der Waals surface area (Å²) < 4.78 is 5.31. The molecule has 2 rings (SSSR count). The Kier molecular flexibility index (Phi) is 6.68. The first kappa shape index (κ1) is 16.7. The summed E-state index contributed by atoms with van der Waals surface area (Å²) in [6, 6.07) is 10.8. The van der Waals surface area contributed by atoms with E-state index < -0.39 is 0 Å². The van der Waals surface area contributed by atoms with Crippen LogP contribution in [0.3, 0.4) is 0 Å². The van der Waals surface area contributed by atoms with Crippen LogP contribution in [0, 0.1) is 0 Å². The van der Waals surface area contributed by atoms with Crippen LogP contribution < -0.4 is 5.32 Å². The number of hydrogen-bond donors (Lipinski definition) is 1. The molecular formula is C15H22ClN3O. The number of aromatic nitrogens is 2. The third-order valence-electron chi connectivity index (χ3n) is 3.34. The van der Waals surface area contributed by atoms with Gasteiger partial charge in [-0.25, -0.2) is 0 Å². The molecule has 1 heterocycles. The van der Waals surface area contributed by atoms with Crippen molar-refractivity contribution in [1.82, 2.24) is 15.5 Å². The van der Waals surface area contributed by atoms with Crippen LogP contribution in [0.1, 0.15) is 37.0 Å². The van der Waals surface area contributed by atoms with Gasteiger partial charge in [-0.15, -0.1) is 12.4 Å². The third-order valence-corrected chi connectivity index (χ3v) is 3.34. The van der Waals surface area contributed by atoms with Gasteiger partial charge in [0.2, 0.25) is 5.89 Å². The smallest absolute Gasteiger partial charge is 0.227 e. The van der Waals surface area contributed by atoms with E-state index in [0.717, 1.165) is 24.6 Å². The summed E-state index contributed by atoms with van der Waals surface area (Å²) in [6.45, 7) is 4.28. The van der Waals surface area contributed by atoms with E-state index in [1.54, 1.807) is 0 Å². The highest BCUT2D eigenvalue weighted by Gasteiger charge is 2.13. The Labute approximate surface area is 126 Å². The molecule has 0 spiro atoms. The minimum absolute atomic E-state index is 0. The Morgan fingerprint density at radius 3 is 2.50 bits per heavy atom.